The van der Waals surface area contributed by atoms with Gasteiger partial charge in [0.05, 0.1) is 10.8 Å². The number of hydrogen-bond donors (Lipinski definition) is 3. The van der Waals surface area contributed by atoms with Gasteiger partial charge >= 0.3 is 5.63 Å². The standard InChI is InChI=1S/C28H25FN6O3.ClH/c1-14(25-22(15-6-8-18(30)9-7-15)20-4-2-3-5-21(20)28(37)38-25)35-27-23(26(31)32-13-33-27)24(34-35)16-10-17(29)12-19(36)11-16;/h2-6,10-14,18,36H,7-9,30H2,1H3,(H2,31,32,33);1H. The Morgan fingerprint density at radius 1 is 1.18 bits per heavy atom. The summed E-state index contributed by atoms with van der Waals surface area (Å²) in [6, 6.07) is 10.5. The Morgan fingerprint density at radius 3 is 2.67 bits per heavy atom. The molecule has 0 saturated carbocycles. The zero-order chi connectivity index (χ0) is 26.6. The third-order valence-electron chi connectivity index (χ3n) is 7.06. The van der Waals surface area contributed by atoms with E-state index in [2.05, 4.69) is 16.0 Å². The van der Waals surface area contributed by atoms with Crippen LogP contribution in [0.15, 0.2) is 64.1 Å². The molecular formula is C28H26ClFN6O3. The molecule has 200 valence electrons. The summed E-state index contributed by atoms with van der Waals surface area (Å²) >= 11 is 0. The number of anilines is 1. The van der Waals surface area contributed by atoms with Crippen LogP contribution in [0.2, 0.25) is 0 Å². The van der Waals surface area contributed by atoms with Gasteiger partial charge in [0.15, 0.2) is 5.65 Å². The van der Waals surface area contributed by atoms with Gasteiger partial charge in [-0.15, -0.1) is 12.4 Å². The summed E-state index contributed by atoms with van der Waals surface area (Å²) in [5.74, 6) is -0.310. The van der Waals surface area contributed by atoms with E-state index in [9.17, 15) is 14.3 Å². The average Bonchev–Trinajstić information content (AvgIpc) is 3.30. The summed E-state index contributed by atoms with van der Waals surface area (Å²) in [7, 11) is 0. The number of nitrogen functional groups attached to an aromatic ring is 1. The molecule has 2 atom stereocenters. The number of nitrogens with zero attached hydrogens (tertiary/aromatic N) is 4. The van der Waals surface area contributed by atoms with E-state index >= 15 is 0 Å². The van der Waals surface area contributed by atoms with E-state index in [4.69, 9.17) is 21.0 Å². The normalized spacial score (nSPS) is 16.2. The van der Waals surface area contributed by atoms with Crippen LogP contribution in [0.1, 0.15) is 43.6 Å². The molecule has 9 nitrogen and oxygen atoms in total. The summed E-state index contributed by atoms with van der Waals surface area (Å²) in [4.78, 5) is 21.6. The van der Waals surface area contributed by atoms with Crippen molar-refractivity contribution in [3.8, 4) is 17.0 Å². The molecule has 0 aliphatic heterocycles. The van der Waals surface area contributed by atoms with Gasteiger partial charge in [-0.1, -0.05) is 24.3 Å². The van der Waals surface area contributed by atoms with E-state index in [1.54, 1.807) is 16.8 Å². The second-order valence-corrected chi connectivity index (χ2v) is 9.56. The Balaban J connectivity index is 0.00000308. The Labute approximate surface area is 228 Å². The highest BCUT2D eigenvalue weighted by atomic mass is 35.5. The lowest BCUT2D eigenvalue weighted by Gasteiger charge is -2.23. The first-order valence-corrected chi connectivity index (χ1v) is 12.3. The van der Waals surface area contributed by atoms with Gasteiger partial charge in [0.25, 0.3) is 0 Å². The van der Waals surface area contributed by atoms with Crippen molar-refractivity contribution in [2.24, 2.45) is 5.73 Å². The minimum absolute atomic E-state index is 0. The largest absolute Gasteiger partial charge is 0.508 e. The van der Waals surface area contributed by atoms with Gasteiger partial charge in [-0.05, 0) is 55.3 Å². The summed E-state index contributed by atoms with van der Waals surface area (Å²) < 4.78 is 21.8. The lowest BCUT2D eigenvalue weighted by Crippen LogP contribution is -2.22. The molecule has 39 heavy (non-hydrogen) atoms. The van der Waals surface area contributed by atoms with Crippen LogP contribution in [0.4, 0.5) is 10.2 Å². The van der Waals surface area contributed by atoms with E-state index < -0.39 is 17.5 Å². The quantitative estimate of drug-likeness (QED) is 0.286. The number of phenols is 1. The zero-order valence-corrected chi connectivity index (χ0v) is 21.8. The fourth-order valence-corrected chi connectivity index (χ4v) is 5.21. The van der Waals surface area contributed by atoms with Crippen molar-refractivity contribution >= 4 is 45.6 Å². The molecular weight excluding hydrogens is 523 g/mol. The minimum Gasteiger partial charge on any atom is -0.508 e. The molecule has 6 rings (SSSR count). The van der Waals surface area contributed by atoms with E-state index in [0.717, 1.165) is 41.9 Å². The molecule has 2 aromatic carbocycles. The fraction of sp³-hybridized carbons (Fsp3) is 0.214. The number of allylic oxidation sites excluding steroid dienone is 1. The van der Waals surface area contributed by atoms with Gasteiger partial charge in [0, 0.05) is 23.2 Å². The highest BCUT2D eigenvalue weighted by molar-refractivity contribution is 5.99. The molecule has 0 spiro atoms. The van der Waals surface area contributed by atoms with E-state index in [-0.39, 0.29) is 30.0 Å². The molecule has 0 fully saturated rings. The van der Waals surface area contributed by atoms with Crippen molar-refractivity contribution in [3.63, 3.8) is 0 Å². The summed E-state index contributed by atoms with van der Waals surface area (Å²) in [6.45, 7) is 1.85. The number of nitrogens with two attached hydrogens (primary N) is 2. The summed E-state index contributed by atoms with van der Waals surface area (Å²) in [6.07, 6.45) is 5.70. The van der Waals surface area contributed by atoms with Crippen molar-refractivity contribution in [1.29, 1.82) is 0 Å². The van der Waals surface area contributed by atoms with Crippen molar-refractivity contribution in [1.82, 2.24) is 19.7 Å². The molecule has 11 heteroatoms. The van der Waals surface area contributed by atoms with Gasteiger partial charge in [-0.3, -0.25) is 0 Å². The number of fused-ring (bicyclic) bond motifs is 2. The van der Waals surface area contributed by atoms with Crippen molar-refractivity contribution in [3.05, 3.63) is 82.4 Å². The van der Waals surface area contributed by atoms with Gasteiger partial charge in [0.2, 0.25) is 0 Å². The van der Waals surface area contributed by atoms with Gasteiger partial charge in [-0.2, -0.15) is 5.10 Å². The first kappa shape index (κ1) is 26.3. The highest BCUT2D eigenvalue weighted by Gasteiger charge is 2.28. The SMILES string of the molecule is CC(c1oc(=O)c2ccccc2c1C1=CCC(N)CC1)n1nc(-c2cc(O)cc(F)c2)c2c(N)ncnc21.Cl. The van der Waals surface area contributed by atoms with Crippen LogP contribution < -0.4 is 17.1 Å². The van der Waals surface area contributed by atoms with Crippen LogP contribution in [-0.4, -0.2) is 30.9 Å². The summed E-state index contributed by atoms with van der Waals surface area (Å²) in [5.41, 5.74) is 14.8. The van der Waals surface area contributed by atoms with Crippen LogP contribution in [0.25, 0.3) is 38.6 Å². The number of hydrogen-bond acceptors (Lipinski definition) is 8. The van der Waals surface area contributed by atoms with Crippen LogP contribution >= 0.6 is 12.4 Å². The van der Waals surface area contributed by atoms with Crippen LogP contribution in [0.3, 0.4) is 0 Å². The summed E-state index contributed by atoms with van der Waals surface area (Å²) in [5, 5.41) is 16.4. The van der Waals surface area contributed by atoms with Crippen molar-refractivity contribution in [2.45, 2.75) is 38.3 Å². The molecule has 0 radical (unpaired) electrons. The molecule has 5 aromatic rings. The number of aromatic nitrogens is 4. The van der Waals surface area contributed by atoms with Crippen LogP contribution in [-0.2, 0) is 0 Å². The highest BCUT2D eigenvalue weighted by Crippen LogP contribution is 2.39. The molecule has 3 heterocycles. The molecule has 2 unspecified atom stereocenters. The predicted molar refractivity (Wildman–Crippen MR) is 150 cm³/mol. The smallest absolute Gasteiger partial charge is 0.343 e. The maximum absolute atomic E-state index is 14.2. The number of rotatable bonds is 4. The van der Waals surface area contributed by atoms with Crippen LogP contribution in [0.5, 0.6) is 5.75 Å². The van der Waals surface area contributed by atoms with E-state index in [1.165, 1.54) is 18.5 Å². The van der Waals surface area contributed by atoms with Crippen molar-refractivity contribution < 1.29 is 13.9 Å². The molecule has 1 aliphatic carbocycles. The Bertz CT molecular complexity index is 1800. The lowest BCUT2D eigenvalue weighted by molar-refractivity contribution is 0.401. The molecule has 1 aliphatic rings. The number of aromatic hydroxyl groups is 1. The maximum atomic E-state index is 14.2. The topological polar surface area (TPSA) is 146 Å². The lowest BCUT2D eigenvalue weighted by atomic mass is 9.87. The van der Waals surface area contributed by atoms with E-state index in [0.29, 0.717) is 33.4 Å². The molecule has 3 aromatic heterocycles. The molecule has 0 bridgehead atoms. The second-order valence-electron chi connectivity index (χ2n) is 9.56. The van der Waals surface area contributed by atoms with Gasteiger partial charge in [0.1, 0.15) is 41.2 Å². The van der Waals surface area contributed by atoms with Gasteiger partial charge < -0.3 is 21.0 Å². The third-order valence-corrected chi connectivity index (χ3v) is 7.06. The first-order chi connectivity index (χ1) is 18.3. The fourth-order valence-electron chi connectivity index (χ4n) is 5.21. The first-order valence-electron chi connectivity index (χ1n) is 12.3. The molecule has 0 saturated heterocycles. The number of benzene rings is 2. The second kappa shape index (κ2) is 10.1. The number of halogens is 2. The van der Waals surface area contributed by atoms with E-state index in [1.807, 2.05) is 19.1 Å². The Hall–Kier alpha value is -4.28. The number of phenolic OH excluding ortho intramolecular Hbond substituents is 1. The van der Waals surface area contributed by atoms with Gasteiger partial charge in [-0.25, -0.2) is 23.8 Å². The zero-order valence-electron chi connectivity index (χ0n) is 21.0. The Morgan fingerprint density at radius 2 is 1.95 bits per heavy atom. The average molecular weight is 549 g/mol. The monoisotopic (exact) mass is 548 g/mol. The predicted octanol–water partition coefficient (Wildman–Crippen LogP) is 4.95. The maximum Gasteiger partial charge on any atom is 0.343 e. The third kappa shape index (κ3) is 4.51. The van der Waals surface area contributed by atoms with Crippen LogP contribution in [0, 0.1) is 5.82 Å². The van der Waals surface area contributed by atoms with Crippen molar-refractivity contribution in [2.75, 3.05) is 5.73 Å². The Kier molecular flexibility index (Phi) is 6.83. The molecule has 5 N–H and O–H groups in total. The molecule has 0 amide bonds. The minimum atomic E-state index is -0.628.